The molecule has 0 aromatic rings. The van der Waals surface area contributed by atoms with E-state index < -0.39 is 33.8 Å². The summed E-state index contributed by atoms with van der Waals surface area (Å²) in [6.45, 7) is 4.58. The summed E-state index contributed by atoms with van der Waals surface area (Å²) in [5.74, 6) is 2.19. The minimum absolute atomic E-state index is 0.221. The molecule has 0 radical (unpaired) electrons. The van der Waals surface area contributed by atoms with Crippen LogP contribution in [0.1, 0.15) is 142 Å². The van der Waals surface area contributed by atoms with Crippen molar-refractivity contribution in [3.63, 3.8) is 0 Å². The average Bonchev–Trinajstić information content (AvgIpc) is 3.12. The van der Waals surface area contributed by atoms with Crippen LogP contribution >= 0.6 is 11.8 Å². The maximum absolute atomic E-state index is 15.5. The summed E-state index contributed by atoms with van der Waals surface area (Å²) in [4.78, 5) is 0. The molecule has 0 aliphatic heterocycles. The van der Waals surface area contributed by atoms with Gasteiger partial charge in [0.15, 0.2) is 23.3 Å². The van der Waals surface area contributed by atoms with Gasteiger partial charge in [-0.1, -0.05) is 89.5 Å². The molecule has 0 amide bonds. The molecule has 0 aromatic carbocycles. The number of hydrogen-bond donors (Lipinski definition) is 0. The van der Waals surface area contributed by atoms with Gasteiger partial charge >= 0.3 is 0 Å². The Labute approximate surface area is 299 Å². The Morgan fingerprint density at radius 1 is 0.510 bits per heavy atom. The van der Waals surface area contributed by atoms with Crippen LogP contribution in [0.4, 0.5) is 17.6 Å². The van der Waals surface area contributed by atoms with E-state index in [1.54, 1.807) is 12.2 Å². The number of hydrogen-bond acceptors (Lipinski definition) is 1. The van der Waals surface area contributed by atoms with Crippen molar-refractivity contribution >= 4 is 11.8 Å². The number of halogens is 4. The first kappa shape index (κ1) is 37.3. The summed E-state index contributed by atoms with van der Waals surface area (Å²) in [6, 6.07) is 0. The fourth-order valence-corrected chi connectivity index (χ4v) is 12.1. The van der Waals surface area contributed by atoms with Crippen molar-refractivity contribution < 1.29 is 17.6 Å². The van der Waals surface area contributed by atoms with E-state index in [9.17, 15) is 8.78 Å². The summed E-state index contributed by atoms with van der Waals surface area (Å²) >= 11 is 1.41. The monoisotopic (exact) mass is 698 g/mol. The van der Waals surface area contributed by atoms with Gasteiger partial charge in [-0.3, -0.25) is 0 Å². The fraction of sp³-hybridized carbons (Fsp3) is 0.727. The van der Waals surface area contributed by atoms with Gasteiger partial charge < -0.3 is 0 Å². The van der Waals surface area contributed by atoms with Crippen molar-refractivity contribution in [1.29, 1.82) is 0 Å². The Morgan fingerprint density at radius 3 is 1.16 bits per heavy atom. The van der Waals surface area contributed by atoms with Crippen LogP contribution in [0.25, 0.3) is 0 Å². The molecule has 0 spiro atoms. The molecule has 0 heterocycles. The summed E-state index contributed by atoms with van der Waals surface area (Å²) in [5.41, 5.74) is 0.761. The third kappa shape index (κ3) is 9.50. The molecule has 6 rings (SSSR count). The molecule has 49 heavy (non-hydrogen) atoms. The highest BCUT2D eigenvalue weighted by Crippen LogP contribution is 2.47. The zero-order valence-electron chi connectivity index (χ0n) is 30.3. The molecule has 4 saturated carbocycles. The molecule has 6 aliphatic carbocycles. The van der Waals surface area contributed by atoms with E-state index in [-0.39, 0.29) is 11.8 Å². The van der Waals surface area contributed by atoms with Gasteiger partial charge in [0.25, 0.3) is 0 Å². The van der Waals surface area contributed by atoms with E-state index in [1.807, 2.05) is 12.2 Å². The molecule has 0 N–H and O–H groups in total. The van der Waals surface area contributed by atoms with Crippen molar-refractivity contribution in [2.45, 2.75) is 153 Å². The number of allylic oxidation sites excluding steroid dienone is 8. The fourth-order valence-electron chi connectivity index (χ4n) is 10.7. The van der Waals surface area contributed by atoms with E-state index in [0.717, 1.165) is 86.9 Å². The SMILES string of the molecule is CCCC1CCC(C2CCC(C=C3C(F)=C(F)C=CC3SC3C=CC(F)=C(F)C3=CC3CCC(C4CCC(CCC)CC4)CC3)CC2)CC1. The maximum atomic E-state index is 15.5. The molecule has 5 heteroatoms. The molecule has 0 saturated heterocycles. The summed E-state index contributed by atoms with van der Waals surface area (Å²) < 4.78 is 60.4. The Hall–Kier alpha value is -1.49. The quantitative estimate of drug-likeness (QED) is 0.205. The van der Waals surface area contributed by atoms with Gasteiger partial charge in [0.1, 0.15) is 0 Å². The first-order valence-corrected chi connectivity index (χ1v) is 21.3. The zero-order chi connectivity index (χ0) is 34.3. The van der Waals surface area contributed by atoms with Gasteiger partial charge in [0.2, 0.25) is 0 Å². The van der Waals surface area contributed by atoms with E-state index in [0.29, 0.717) is 11.1 Å². The lowest BCUT2D eigenvalue weighted by atomic mass is 9.68. The molecular formula is C44H62F4S. The second-order valence-electron chi connectivity index (χ2n) is 16.8. The van der Waals surface area contributed by atoms with Crippen LogP contribution < -0.4 is 0 Å². The second-order valence-corrected chi connectivity index (χ2v) is 18.0. The van der Waals surface area contributed by atoms with E-state index in [2.05, 4.69) is 13.8 Å². The average molecular weight is 699 g/mol. The minimum Gasteiger partial charge on any atom is -0.204 e. The molecule has 2 atom stereocenters. The topological polar surface area (TPSA) is 0 Å². The first-order chi connectivity index (χ1) is 23.8. The van der Waals surface area contributed by atoms with Crippen LogP contribution in [0.15, 0.2) is 70.9 Å². The largest absolute Gasteiger partial charge is 0.204 e. The van der Waals surface area contributed by atoms with Gasteiger partial charge in [0, 0.05) is 11.1 Å². The Balaban J connectivity index is 1.07. The number of thioether (sulfide) groups is 1. The minimum atomic E-state index is -0.830. The normalized spacial score (nSPS) is 39.3. The van der Waals surface area contributed by atoms with Crippen molar-refractivity contribution in [2.24, 2.45) is 47.3 Å². The van der Waals surface area contributed by atoms with Gasteiger partial charge in [0.05, 0.1) is 10.5 Å². The van der Waals surface area contributed by atoms with Crippen LogP contribution in [0, 0.1) is 47.3 Å². The lowest BCUT2D eigenvalue weighted by Crippen LogP contribution is -2.26. The molecule has 2 unspecified atom stereocenters. The third-order valence-corrected chi connectivity index (χ3v) is 15.0. The van der Waals surface area contributed by atoms with Gasteiger partial charge in [-0.15, -0.1) is 11.8 Å². The Bertz CT molecular complexity index is 1170. The van der Waals surface area contributed by atoms with Crippen molar-refractivity contribution in [3.8, 4) is 0 Å². The highest BCUT2D eigenvalue weighted by atomic mass is 32.2. The lowest BCUT2D eigenvalue weighted by molar-refractivity contribution is 0.152. The lowest BCUT2D eigenvalue weighted by Gasteiger charge is -2.38. The van der Waals surface area contributed by atoms with Crippen molar-refractivity contribution in [2.75, 3.05) is 0 Å². The molecule has 0 bridgehead atoms. The van der Waals surface area contributed by atoms with E-state index in [4.69, 9.17) is 0 Å². The zero-order valence-corrected chi connectivity index (χ0v) is 31.1. The summed E-state index contributed by atoms with van der Waals surface area (Å²) in [6.07, 6.45) is 34.7. The molecule has 0 aromatic heterocycles. The van der Waals surface area contributed by atoms with Crippen LogP contribution in [-0.2, 0) is 0 Å². The van der Waals surface area contributed by atoms with Crippen LogP contribution in [0.2, 0.25) is 0 Å². The van der Waals surface area contributed by atoms with Crippen molar-refractivity contribution in [1.82, 2.24) is 0 Å². The summed E-state index contributed by atoms with van der Waals surface area (Å²) in [5, 5.41) is -0.895. The van der Waals surface area contributed by atoms with Gasteiger partial charge in [-0.2, -0.15) is 0 Å². The third-order valence-electron chi connectivity index (χ3n) is 13.6. The maximum Gasteiger partial charge on any atom is 0.163 e. The Morgan fingerprint density at radius 2 is 0.837 bits per heavy atom. The molecule has 272 valence electrons. The molecule has 4 fully saturated rings. The smallest absolute Gasteiger partial charge is 0.163 e. The van der Waals surface area contributed by atoms with Gasteiger partial charge in [-0.25, -0.2) is 17.6 Å². The van der Waals surface area contributed by atoms with E-state index in [1.165, 1.54) is 101 Å². The van der Waals surface area contributed by atoms with Gasteiger partial charge in [-0.05, 0) is 137 Å². The van der Waals surface area contributed by atoms with Crippen LogP contribution in [-0.4, -0.2) is 10.5 Å². The molecule has 6 aliphatic rings. The highest BCUT2D eigenvalue weighted by Gasteiger charge is 2.35. The standard InChI is InChI=1S/C44H62F4S/c1-3-5-29-7-15-33(16-8-29)35-19-11-31(12-20-35)27-37-41(25-23-39(45)43(37)47)49-42-26-24-40(46)44(48)38(42)28-32-13-21-36(22-14-32)34-17-9-30(6-4-2)10-18-34/h23-36,41-42H,3-22H2,1-2H3. The van der Waals surface area contributed by atoms with E-state index >= 15 is 8.78 Å². The molecular weight excluding hydrogens is 637 g/mol. The van der Waals surface area contributed by atoms with Crippen molar-refractivity contribution in [3.05, 3.63) is 70.9 Å². The predicted octanol–water partition coefficient (Wildman–Crippen LogP) is 14.6. The first-order valence-electron chi connectivity index (χ1n) is 20.4. The van der Waals surface area contributed by atoms with Crippen LogP contribution in [0.3, 0.4) is 0 Å². The summed E-state index contributed by atoms with van der Waals surface area (Å²) in [7, 11) is 0. The molecule has 0 nitrogen and oxygen atoms in total. The number of rotatable bonds is 10. The Kier molecular flexibility index (Phi) is 13.6. The second kappa shape index (κ2) is 17.8. The van der Waals surface area contributed by atoms with Crippen LogP contribution in [0.5, 0.6) is 0 Å². The highest BCUT2D eigenvalue weighted by molar-refractivity contribution is 8.01. The predicted molar refractivity (Wildman–Crippen MR) is 200 cm³/mol.